The first-order valence-electron chi connectivity index (χ1n) is 8.23. The van der Waals surface area contributed by atoms with Crippen LogP contribution in [0.15, 0.2) is 0 Å². The molecule has 0 aliphatic carbocycles. The quantitative estimate of drug-likeness (QED) is 0.842. The number of piperidine rings is 1. The van der Waals surface area contributed by atoms with Crippen molar-refractivity contribution in [2.75, 3.05) is 40.3 Å². The zero-order chi connectivity index (χ0) is 14.5. The average molecular weight is 318 g/mol. The summed E-state index contributed by atoms with van der Waals surface area (Å²) in [5, 5.41) is 3.46. The number of nitrogens with one attached hydrogen (secondary N) is 1. The molecule has 2 fully saturated rings. The summed E-state index contributed by atoms with van der Waals surface area (Å²) in [5.74, 6) is 1.57. The molecule has 0 saturated carbocycles. The Morgan fingerprint density at radius 3 is 2.71 bits per heavy atom. The van der Waals surface area contributed by atoms with Crippen molar-refractivity contribution < 1.29 is 4.79 Å². The third-order valence-electron chi connectivity index (χ3n) is 4.91. The predicted molar refractivity (Wildman–Crippen MR) is 89.9 cm³/mol. The van der Waals surface area contributed by atoms with Crippen molar-refractivity contribution in [3.63, 3.8) is 0 Å². The minimum absolute atomic E-state index is 0. The van der Waals surface area contributed by atoms with E-state index in [-0.39, 0.29) is 12.4 Å². The topological polar surface area (TPSA) is 35.6 Å². The highest BCUT2D eigenvalue weighted by atomic mass is 35.5. The van der Waals surface area contributed by atoms with Gasteiger partial charge in [-0.1, -0.05) is 6.92 Å². The van der Waals surface area contributed by atoms with Crippen LogP contribution in [-0.4, -0.2) is 62.0 Å². The van der Waals surface area contributed by atoms with E-state index in [4.69, 9.17) is 0 Å². The number of rotatable bonds is 5. The molecule has 4 nitrogen and oxygen atoms in total. The molecule has 5 heteroatoms. The summed E-state index contributed by atoms with van der Waals surface area (Å²) in [6.45, 7) is 6.47. The average Bonchev–Trinajstić information content (AvgIpc) is 2.87. The molecule has 2 rings (SSSR count). The Kier molecular flexibility index (Phi) is 7.99. The van der Waals surface area contributed by atoms with Crippen molar-refractivity contribution in [2.45, 2.75) is 45.1 Å². The van der Waals surface area contributed by atoms with Crippen LogP contribution in [0, 0.1) is 11.8 Å². The van der Waals surface area contributed by atoms with Gasteiger partial charge in [0.25, 0.3) is 0 Å². The summed E-state index contributed by atoms with van der Waals surface area (Å²) in [7, 11) is 4.19. The van der Waals surface area contributed by atoms with Crippen LogP contribution >= 0.6 is 12.4 Å². The highest BCUT2D eigenvalue weighted by Crippen LogP contribution is 2.25. The first kappa shape index (κ1) is 18.7. The van der Waals surface area contributed by atoms with Gasteiger partial charge < -0.3 is 15.1 Å². The van der Waals surface area contributed by atoms with E-state index in [0.717, 1.165) is 32.6 Å². The molecule has 3 unspecified atom stereocenters. The van der Waals surface area contributed by atoms with Crippen LogP contribution in [0.2, 0.25) is 0 Å². The van der Waals surface area contributed by atoms with Crippen LogP contribution in [0.25, 0.3) is 0 Å². The Bertz CT molecular complexity index is 319. The lowest BCUT2D eigenvalue weighted by atomic mass is 9.85. The molecule has 1 amide bonds. The van der Waals surface area contributed by atoms with Crippen LogP contribution in [-0.2, 0) is 4.79 Å². The number of hydrogen-bond acceptors (Lipinski definition) is 3. The summed E-state index contributed by atoms with van der Waals surface area (Å²) >= 11 is 0. The maximum Gasteiger partial charge on any atom is 0.223 e. The Morgan fingerprint density at radius 1 is 1.33 bits per heavy atom. The van der Waals surface area contributed by atoms with Gasteiger partial charge in [-0.2, -0.15) is 0 Å². The number of carbonyl (C=O) groups excluding carboxylic acids is 1. The van der Waals surface area contributed by atoms with E-state index in [1.807, 2.05) is 0 Å². The van der Waals surface area contributed by atoms with E-state index in [9.17, 15) is 4.79 Å². The molecule has 124 valence electrons. The van der Waals surface area contributed by atoms with Crippen molar-refractivity contribution in [2.24, 2.45) is 11.8 Å². The summed E-state index contributed by atoms with van der Waals surface area (Å²) in [4.78, 5) is 16.9. The smallest absolute Gasteiger partial charge is 0.223 e. The molecule has 21 heavy (non-hydrogen) atoms. The molecule has 0 aromatic rings. The molecule has 2 saturated heterocycles. The summed E-state index contributed by atoms with van der Waals surface area (Å²) in [6, 6.07) is 0.439. The van der Waals surface area contributed by atoms with Crippen molar-refractivity contribution in [1.29, 1.82) is 0 Å². The van der Waals surface area contributed by atoms with Gasteiger partial charge in [0.15, 0.2) is 0 Å². The Morgan fingerprint density at radius 2 is 2.10 bits per heavy atom. The van der Waals surface area contributed by atoms with Gasteiger partial charge in [0.05, 0.1) is 0 Å². The van der Waals surface area contributed by atoms with Crippen LogP contribution in [0.1, 0.15) is 39.0 Å². The molecule has 3 atom stereocenters. The molecule has 2 heterocycles. The largest absolute Gasteiger partial charge is 0.338 e. The van der Waals surface area contributed by atoms with Crippen molar-refractivity contribution >= 4 is 18.3 Å². The number of likely N-dealkylation sites (tertiary alicyclic amines) is 1. The van der Waals surface area contributed by atoms with Gasteiger partial charge in [0.2, 0.25) is 5.91 Å². The van der Waals surface area contributed by atoms with E-state index in [0.29, 0.717) is 23.8 Å². The SMILES string of the molecule is CC(CC(=O)N1CCCC1CN(C)C)C1CCCNC1.Cl. The monoisotopic (exact) mass is 317 g/mol. The van der Waals surface area contributed by atoms with E-state index >= 15 is 0 Å². The van der Waals surface area contributed by atoms with Gasteiger partial charge in [0, 0.05) is 25.6 Å². The third-order valence-corrected chi connectivity index (χ3v) is 4.91. The van der Waals surface area contributed by atoms with Gasteiger partial charge in [-0.05, 0) is 64.7 Å². The maximum atomic E-state index is 12.6. The van der Waals surface area contributed by atoms with Gasteiger partial charge in [-0.15, -0.1) is 12.4 Å². The highest BCUT2D eigenvalue weighted by molar-refractivity contribution is 5.85. The molecule has 0 spiro atoms. The van der Waals surface area contributed by atoms with Crippen LogP contribution < -0.4 is 5.32 Å². The molecule has 2 aliphatic heterocycles. The van der Waals surface area contributed by atoms with Crippen molar-refractivity contribution in [1.82, 2.24) is 15.1 Å². The number of halogens is 1. The van der Waals surface area contributed by atoms with E-state index < -0.39 is 0 Å². The normalized spacial score (nSPS) is 27.5. The number of nitrogens with zero attached hydrogens (tertiary/aromatic N) is 2. The maximum absolute atomic E-state index is 12.6. The number of carbonyl (C=O) groups is 1. The number of hydrogen-bond donors (Lipinski definition) is 1. The highest BCUT2D eigenvalue weighted by Gasteiger charge is 2.31. The van der Waals surface area contributed by atoms with Crippen molar-refractivity contribution in [3.05, 3.63) is 0 Å². The first-order valence-corrected chi connectivity index (χ1v) is 8.23. The van der Waals surface area contributed by atoms with Gasteiger partial charge in [0.1, 0.15) is 0 Å². The number of likely N-dealkylation sites (N-methyl/N-ethyl adjacent to an activating group) is 1. The zero-order valence-electron chi connectivity index (χ0n) is 13.8. The first-order chi connectivity index (χ1) is 9.58. The van der Waals surface area contributed by atoms with Crippen LogP contribution in [0.4, 0.5) is 0 Å². The fraction of sp³-hybridized carbons (Fsp3) is 0.938. The van der Waals surface area contributed by atoms with Crippen LogP contribution in [0.5, 0.6) is 0 Å². The van der Waals surface area contributed by atoms with E-state index in [1.165, 1.54) is 25.7 Å². The molecule has 0 bridgehead atoms. The second-order valence-corrected chi connectivity index (χ2v) is 6.93. The van der Waals surface area contributed by atoms with Crippen molar-refractivity contribution in [3.8, 4) is 0 Å². The fourth-order valence-corrected chi connectivity index (χ4v) is 3.70. The van der Waals surface area contributed by atoms with Gasteiger partial charge in [-0.25, -0.2) is 0 Å². The fourth-order valence-electron chi connectivity index (χ4n) is 3.70. The standard InChI is InChI=1S/C16H31N3O.ClH/c1-13(14-6-4-8-17-11-14)10-16(20)19-9-5-7-15(19)12-18(2)3;/h13-15,17H,4-12H2,1-3H3;1H. The molecule has 2 aliphatic rings. The summed E-state index contributed by atoms with van der Waals surface area (Å²) < 4.78 is 0. The Labute approximate surface area is 136 Å². The molecular weight excluding hydrogens is 286 g/mol. The zero-order valence-corrected chi connectivity index (χ0v) is 14.6. The van der Waals surface area contributed by atoms with Crippen LogP contribution in [0.3, 0.4) is 0 Å². The molecule has 0 radical (unpaired) electrons. The second-order valence-electron chi connectivity index (χ2n) is 6.93. The predicted octanol–water partition coefficient (Wildman–Crippen LogP) is 1.99. The van der Waals surface area contributed by atoms with E-state index in [1.54, 1.807) is 0 Å². The molecule has 1 N–H and O–H groups in total. The third kappa shape index (κ3) is 5.42. The summed E-state index contributed by atoms with van der Waals surface area (Å²) in [5.41, 5.74) is 0. The van der Waals surface area contributed by atoms with Gasteiger partial charge >= 0.3 is 0 Å². The molecule has 0 aromatic carbocycles. The minimum Gasteiger partial charge on any atom is -0.338 e. The molecule has 0 aromatic heterocycles. The lowest BCUT2D eigenvalue weighted by Crippen LogP contribution is -2.42. The minimum atomic E-state index is 0. The summed E-state index contributed by atoms with van der Waals surface area (Å²) in [6.07, 6.45) is 5.61. The second kappa shape index (κ2) is 8.96. The Hall–Kier alpha value is -0.320. The lowest BCUT2D eigenvalue weighted by Gasteiger charge is -2.31. The molecular formula is C16H32ClN3O. The van der Waals surface area contributed by atoms with Gasteiger partial charge in [-0.3, -0.25) is 4.79 Å². The lowest BCUT2D eigenvalue weighted by molar-refractivity contribution is -0.133. The number of amides is 1. The van der Waals surface area contributed by atoms with E-state index in [2.05, 4.69) is 36.1 Å². The Balaban J connectivity index is 0.00000220.